The van der Waals surface area contributed by atoms with Crippen LogP contribution in [0.25, 0.3) is 0 Å². The number of Topliss-reactive ketones (excluding diaryl/α,β-unsaturated/α-hetero) is 1. The first-order valence-electron chi connectivity index (χ1n) is 5.78. The van der Waals surface area contributed by atoms with Gasteiger partial charge in [-0.15, -0.1) is 0 Å². The third-order valence-electron chi connectivity index (χ3n) is 2.65. The summed E-state index contributed by atoms with van der Waals surface area (Å²) in [4.78, 5) is 11.9. The van der Waals surface area contributed by atoms with Gasteiger partial charge < -0.3 is 10.4 Å². The van der Waals surface area contributed by atoms with Crippen LogP contribution in [-0.4, -0.2) is 30.6 Å². The number of nitrogens with one attached hydrogen (secondary N) is 1. The van der Waals surface area contributed by atoms with E-state index in [1.807, 2.05) is 19.1 Å². The van der Waals surface area contributed by atoms with Crippen molar-refractivity contribution in [2.45, 2.75) is 19.3 Å². The summed E-state index contributed by atoms with van der Waals surface area (Å²) in [6.07, 6.45) is 0.508. The van der Waals surface area contributed by atoms with E-state index < -0.39 is 0 Å². The molecule has 0 aliphatic heterocycles. The molecule has 94 valence electrons. The molecule has 1 aromatic rings. The summed E-state index contributed by atoms with van der Waals surface area (Å²) in [5, 5.41) is 12.4. The highest BCUT2D eigenvalue weighted by Crippen LogP contribution is 2.20. The van der Waals surface area contributed by atoms with Crippen LogP contribution in [-0.2, 0) is 4.79 Å². The molecule has 1 aromatic carbocycles. The van der Waals surface area contributed by atoms with Gasteiger partial charge in [0.15, 0.2) is 0 Å². The molecule has 17 heavy (non-hydrogen) atoms. The van der Waals surface area contributed by atoms with Crippen LogP contribution in [0.15, 0.2) is 24.3 Å². The molecule has 0 aliphatic rings. The first-order chi connectivity index (χ1) is 8.19. The van der Waals surface area contributed by atoms with Crippen molar-refractivity contribution in [3.8, 4) is 0 Å². The van der Waals surface area contributed by atoms with E-state index >= 15 is 0 Å². The molecule has 1 unspecified atom stereocenters. The fourth-order valence-corrected chi connectivity index (χ4v) is 1.81. The van der Waals surface area contributed by atoms with Gasteiger partial charge in [-0.1, -0.05) is 30.7 Å². The van der Waals surface area contributed by atoms with Gasteiger partial charge in [-0.3, -0.25) is 4.79 Å². The van der Waals surface area contributed by atoms with Gasteiger partial charge in [0.1, 0.15) is 5.78 Å². The van der Waals surface area contributed by atoms with Crippen molar-refractivity contribution in [1.82, 2.24) is 5.32 Å². The number of hydrogen-bond acceptors (Lipinski definition) is 3. The van der Waals surface area contributed by atoms with E-state index in [0.29, 0.717) is 24.5 Å². The topological polar surface area (TPSA) is 49.3 Å². The largest absolute Gasteiger partial charge is 0.395 e. The lowest BCUT2D eigenvalue weighted by molar-refractivity contribution is -0.120. The summed E-state index contributed by atoms with van der Waals surface area (Å²) in [6.45, 7) is 2.99. The number of carbonyl (C=O) groups is 1. The van der Waals surface area contributed by atoms with E-state index in [0.717, 1.165) is 5.56 Å². The zero-order valence-corrected chi connectivity index (χ0v) is 10.7. The molecule has 1 atom stereocenters. The third kappa shape index (κ3) is 4.46. The molecule has 2 N–H and O–H groups in total. The predicted molar refractivity (Wildman–Crippen MR) is 69.4 cm³/mol. The highest BCUT2D eigenvalue weighted by Gasteiger charge is 2.18. The summed E-state index contributed by atoms with van der Waals surface area (Å²) in [5.74, 6) is 0.0292. The van der Waals surface area contributed by atoms with E-state index in [2.05, 4.69) is 5.32 Å². The molecule has 0 aliphatic carbocycles. The molecule has 1 rings (SSSR count). The number of hydrogen-bond donors (Lipinski definition) is 2. The van der Waals surface area contributed by atoms with Crippen LogP contribution in [0.2, 0.25) is 5.02 Å². The fourth-order valence-electron chi connectivity index (χ4n) is 1.68. The number of ketones is 1. The maximum absolute atomic E-state index is 11.9. The number of rotatable bonds is 7. The van der Waals surface area contributed by atoms with Crippen molar-refractivity contribution in [2.75, 3.05) is 19.7 Å². The van der Waals surface area contributed by atoms with Crippen LogP contribution in [0.3, 0.4) is 0 Å². The quantitative estimate of drug-likeness (QED) is 0.733. The Bertz CT molecular complexity index is 351. The first-order valence-corrected chi connectivity index (χ1v) is 6.16. The Hall–Kier alpha value is -0.900. The summed E-state index contributed by atoms with van der Waals surface area (Å²) in [5.41, 5.74) is 0.965. The molecule has 0 fully saturated rings. The van der Waals surface area contributed by atoms with Gasteiger partial charge in [-0.25, -0.2) is 0 Å². The minimum absolute atomic E-state index is 0.0770. The van der Waals surface area contributed by atoms with Crippen molar-refractivity contribution < 1.29 is 9.90 Å². The van der Waals surface area contributed by atoms with E-state index in [1.165, 1.54) is 0 Å². The first kappa shape index (κ1) is 14.2. The van der Waals surface area contributed by atoms with Crippen LogP contribution in [0, 0.1) is 0 Å². The van der Waals surface area contributed by atoms with Crippen molar-refractivity contribution in [2.24, 2.45) is 0 Å². The van der Waals surface area contributed by atoms with Crippen LogP contribution in [0.4, 0.5) is 0 Å². The Morgan fingerprint density at radius 3 is 2.59 bits per heavy atom. The zero-order chi connectivity index (χ0) is 12.7. The number of benzene rings is 1. The molecule has 0 radical (unpaired) electrons. The van der Waals surface area contributed by atoms with Crippen molar-refractivity contribution in [3.63, 3.8) is 0 Å². The van der Waals surface area contributed by atoms with Gasteiger partial charge in [0.05, 0.1) is 12.5 Å². The zero-order valence-electron chi connectivity index (χ0n) is 9.95. The van der Waals surface area contributed by atoms with Crippen LogP contribution in [0.1, 0.15) is 24.8 Å². The highest BCUT2D eigenvalue weighted by molar-refractivity contribution is 6.30. The maximum atomic E-state index is 11.9. The molecule has 0 saturated carbocycles. The Kier molecular flexibility index (Phi) is 6.19. The minimum atomic E-state index is -0.163. The van der Waals surface area contributed by atoms with E-state index in [-0.39, 0.29) is 18.3 Å². The Labute approximate surface area is 107 Å². The number of aliphatic hydroxyl groups excluding tert-OH is 1. The summed E-state index contributed by atoms with van der Waals surface area (Å²) >= 11 is 5.82. The molecule has 0 aromatic heterocycles. The monoisotopic (exact) mass is 255 g/mol. The van der Waals surface area contributed by atoms with E-state index in [9.17, 15) is 4.79 Å². The molecule has 0 bridgehead atoms. The number of aliphatic hydroxyl groups is 1. The minimum Gasteiger partial charge on any atom is -0.395 e. The van der Waals surface area contributed by atoms with Crippen LogP contribution >= 0.6 is 11.6 Å². The number of carbonyl (C=O) groups excluding carboxylic acids is 1. The van der Waals surface area contributed by atoms with Gasteiger partial charge in [0.2, 0.25) is 0 Å². The Morgan fingerprint density at radius 2 is 2.06 bits per heavy atom. The average Bonchev–Trinajstić information content (AvgIpc) is 2.35. The second-order valence-electron chi connectivity index (χ2n) is 3.85. The standard InChI is InChI=1S/C13H18ClNO2/c1-2-13(17)12(9-15-7-8-16)10-3-5-11(14)6-4-10/h3-6,12,15-16H,2,7-9H2,1H3. The Morgan fingerprint density at radius 1 is 1.41 bits per heavy atom. The molecular formula is C13H18ClNO2. The summed E-state index contributed by atoms with van der Waals surface area (Å²) < 4.78 is 0. The van der Waals surface area contributed by atoms with E-state index in [1.54, 1.807) is 12.1 Å². The van der Waals surface area contributed by atoms with Gasteiger partial charge >= 0.3 is 0 Å². The summed E-state index contributed by atoms with van der Waals surface area (Å²) in [6, 6.07) is 7.33. The molecule has 0 spiro atoms. The molecule has 3 nitrogen and oxygen atoms in total. The third-order valence-corrected chi connectivity index (χ3v) is 2.90. The van der Waals surface area contributed by atoms with Gasteiger partial charge in [0.25, 0.3) is 0 Å². The number of halogens is 1. The van der Waals surface area contributed by atoms with Crippen LogP contribution < -0.4 is 5.32 Å². The summed E-state index contributed by atoms with van der Waals surface area (Å²) in [7, 11) is 0. The lowest BCUT2D eigenvalue weighted by atomic mass is 9.93. The maximum Gasteiger partial charge on any atom is 0.141 e. The molecule has 0 saturated heterocycles. The highest BCUT2D eigenvalue weighted by atomic mass is 35.5. The fraction of sp³-hybridized carbons (Fsp3) is 0.462. The van der Waals surface area contributed by atoms with Crippen molar-refractivity contribution >= 4 is 17.4 Å². The van der Waals surface area contributed by atoms with Gasteiger partial charge in [-0.05, 0) is 17.7 Å². The lowest BCUT2D eigenvalue weighted by Gasteiger charge is -2.16. The average molecular weight is 256 g/mol. The predicted octanol–water partition coefficient (Wildman–Crippen LogP) is 1.98. The van der Waals surface area contributed by atoms with Gasteiger partial charge in [-0.2, -0.15) is 0 Å². The molecule has 0 heterocycles. The van der Waals surface area contributed by atoms with Crippen LogP contribution in [0.5, 0.6) is 0 Å². The second-order valence-corrected chi connectivity index (χ2v) is 4.29. The molecule has 0 amide bonds. The van der Waals surface area contributed by atoms with Crippen molar-refractivity contribution in [1.29, 1.82) is 0 Å². The molecule has 4 heteroatoms. The lowest BCUT2D eigenvalue weighted by Crippen LogP contribution is -2.28. The SMILES string of the molecule is CCC(=O)C(CNCCO)c1ccc(Cl)cc1. The Balaban J connectivity index is 2.74. The smallest absolute Gasteiger partial charge is 0.141 e. The van der Waals surface area contributed by atoms with Gasteiger partial charge in [0, 0.05) is 24.5 Å². The normalized spacial score (nSPS) is 12.4. The van der Waals surface area contributed by atoms with Crippen molar-refractivity contribution in [3.05, 3.63) is 34.9 Å². The second kappa shape index (κ2) is 7.43. The molecular weight excluding hydrogens is 238 g/mol. The van der Waals surface area contributed by atoms with E-state index in [4.69, 9.17) is 16.7 Å².